The predicted octanol–water partition coefficient (Wildman–Crippen LogP) is 3.69. The molecular weight excluding hydrogens is 446 g/mol. The largest absolute Gasteiger partial charge is 0.453 e. The SMILES string of the molecule is COC(=O)NC(=S)Nc1cc(C(=O)c2ccccc2)ccc1NC(=O)C(C)Br. The number of methoxy groups -OCH3 is 1. The fraction of sp³-hybridized carbons (Fsp3) is 0.158. The summed E-state index contributed by atoms with van der Waals surface area (Å²) < 4.78 is 4.50. The van der Waals surface area contributed by atoms with Gasteiger partial charge in [-0.2, -0.15) is 0 Å². The van der Waals surface area contributed by atoms with E-state index in [9.17, 15) is 14.4 Å². The molecule has 9 heteroatoms. The zero-order valence-electron chi connectivity index (χ0n) is 15.1. The summed E-state index contributed by atoms with van der Waals surface area (Å²) in [7, 11) is 1.21. The van der Waals surface area contributed by atoms with Crippen LogP contribution >= 0.6 is 28.1 Å². The van der Waals surface area contributed by atoms with Crippen LogP contribution in [0.15, 0.2) is 48.5 Å². The highest BCUT2D eigenvalue weighted by molar-refractivity contribution is 9.10. The fourth-order valence-electron chi connectivity index (χ4n) is 2.18. The summed E-state index contributed by atoms with van der Waals surface area (Å²) in [6.45, 7) is 1.68. The smallest absolute Gasteiger partial charge is 0.413 e. The first kappa shape index (κ1) is 21.5. The zero-order valence-corrected chi connectivity index (χ0v) is 17.5. The molecule has 2 rings (SSSR count). The summed E-state index contributed by atoms with van der Waals surface area (Å²) in [4.78, 5) is 35.7. The minimum absolute atomic E-state index is 0.0430. The highest BCUT2D eigenvalue weighted by atomic mass is 79.9. The van der Waals surface area contributed by atoms with Crippen molar-refractivity contribution in [1.82, 2.24) is 5.32 Å². The molecule has 2 aromatic carbocycles. The second-order valence-electron chi connectivity index (χ2n) is 5.63. The summed E-state index contributed by atoms with van der Waals surface area (Å²) in [5.74, 6) is -0.473. The van der Waals surface area contributed by atoms with Gasteiger partial charge in [0.2, 0.25) is 5.91 Å². The van der Waals surface area contributed by atoms with E-state index in [-0.39, 0.29) is 16.8 Å². The van der Waals surface area contributed by atoms with Crippen LogP contribution in [-0.2, 0) is 9.53 Å². The first-order valence-corrected chi connectivity index (χ1v) is 9.49. The molecule has 0 fully saturated rings. The number of anilines is 2. The second kappa shape index (κ2) is 9.95. The van der Waals surface area contributed by atoms with Crippen molar-refractivity contribution in [3.05, 3.63) is 59.7 Å². The number of carbonyl (C=O) groups is 3. The van der Waals surface area contributed by atoms with Crippen LogP contribution in [0.3, 0.4) is 0 Å². The van der Waals surface area contributed by atoms with E-state index >= 15 is 0 Å². The molecule has 7 nitrogen and oxygen atoms in total. The molecule has 0 radical (unpaired) electrons. The van der Waals surface area contributed by atoms with Crippen LogP contribution in [0.1, 0.15) is 22.8 Å². The van der Waals surface area contributed by atoms with E-state index < -0.39 is 10.9 Å². The number of rotatable bonds is 5. The van der Waals surface area contributed by atoms with Gasteiger partial charge in [0.05, 0.1) is 23.3 Å². The lowest BCUT2D eigenvalue weighted by molar-refractivity contribution is -0.115. The van der Waals surface area contributed by atoms with Crippen molar-refractivity contribution in [2.75, 3.05) is 17.7 Å². The number of carbonyl (C=O) groups excluding carboxylic acids is 3. The third-order valence-electron chi connectivity index (χ3n) is 3.59. The number of amides is 2. The number of halogens is 1. The number of hydrogen-bond acceptors (Lipinski definition) is 5. The van der Waals surface area contributed by atoms with Gasteiger partial charge in [-0.05, 0) is 37.3 Å². The third-order valence-corrected chi connectivity index (χ3v) is 4.21. The summed E-state index contributed by atoms with van der Waals surface area (Å²) in [5.41, 5.74) is 1.66. The zero-order chi connectivity index (χ0) is 20.7. The molecule has 0 aliphatic carbocycles. The van der Waals surface area contributed by atoms with E-state index in [0.717, 1.165) is 0 Å². The number of alkyl carbamates (subject to hydrolysis) is 1. The van der Waals surface area contributed by atoms with Crippen molar-refractivity contribution in [3.63, 3.8) is 0 Å². The summed E-state index contributed by atoms with van der Waals surface area (Å²) in [6, 6.07) is 13.5. The Bertz CT molecular complexity index is 903. The standard InChI is InChI=1S/C19H18BrN3O4S/c1-11(20)17(25)21-14-9-8-13(16(24)12-6-4-3-5-7-12)10-15(14)22-18(28)23-19(26)27-2/h3-11H,1-2H3,(H,21,25)(H2,22,23,26,28). The average Bonchev–Trinajstić information content (AvgIpc) is 2.69. The molecule has 0 bridgehead atoms. The molecule has 28 heavy (non-hydrogen) atoms. The molecule has 0 aliphatic heterocycles. The molecule has 3 N–H and O–H groups in total. The number of nitrogens with one attached hydrogen (secondary N) is 3. The van der Waals surface area contributed by atoms with Crippen LogP contribution in [0.5, 0.6) is 0 Å². The minimum Gasteiger partial charge on any atom is -0.453 e. The summed E-state index contributed by atoms with van der Waals surface area (Å²) >= 11 is 8.27. The molecule has 0 aromatic heterocycles. The lowest BCUT2D eigenvalue weighted by Gasteiger charge is -2.16. The molecule has 1 atom stereocenters. The molecule has 2 aromatic rings. The Morgan fingerprint density at radius 2 is 1.68 bits per heavy atom. The van der Waals surface area contributed by atoms with Crippen molar-refractivity contribution in [1.29, 1.82) is 0 Å². The Labute approximate surface area is 176 Å². The highest BCUT2D eigenvalue weighted by Gasteiger charge is 2.16. The van der Waals surface area contributed by atoms with Crippen LogP contribution in [0.25, 0.3) is 0 Å². The molecule has 2 amide bonds. The Balaban J connectivity index is 2.35. The first-order chi connectivity index (χ1) is 13.3. The Morgan fingerprint density at radius 3 is 2.29 bits per heavy atom. The van der Waals surface area contributed by atoms with Gasteiger partial charge >= 0.3 is 6.09 Å². The van der Waals surface area contributed by atoms with Crippen molar-refractivity contribution in [3.8, 4) is 0 Å². The van der Waals surface area contributed by atoms with Gasteiger partial charge in [-0.15, -0.1) is 0 Å². The molecule has 146 valence electrons. The second-order valence-corrected chi connectivity index (χ2v) is 7.41. The molecule has 1 unspecified atom stereocenters. The van der Waals surface area contributed by atoms with Gasteiger partial charge in [-0.1, -0.05) is 46.3 Å². The van der Waals surface area contributed by atoms with Crippen molar-refractivity contribution in [2.24, 2.45) is 0 Å². The maximum absolute atomic E-state index is 12.7. The van der Waals surface area contributed by atoms with Crippen LogP contribution in [0.4, 0.5) is 16.2 Å². The van der Waals surface area contributed by atoms with E-state index in [4.69, 9.17) is 12.2 Å². The van der Waals surface area contributed by atoms with Gasteiger partial charge in [-0.3, -0.25) is 14.9 Å². The van der Waals surface area contributed by atoms with Gasteiger partial charge in [0.25, 0.3) is 0 Å². The monoisotopic (exact) mass is 463 g/mol. The Hall–Kier alpha value is -2.78. The summed E-state index contributed by atoms with van der Waals surface area (Å²) in [6.07, 6.45) is -0.742. The molecule has 0 aliphatic rings. The first-order valence-electron chi connectivity index (χ1n) is 8.16. The van der Waals surface area contributed by atoms with Crippen LogP contribution in [-0.4, -0.2) is 34.8 Å². The number of hydrogen-bond donors (Lipinski definition) is 3. The van der Waals surface area contributed by atoms with Crippen LogP contribution < -0.4 is 16.0 Å². The number of ketones is 1. The van der Waals surface area contributed by atoms with E-state index in [2.05, 4.69) is 36.6 Å². The molecule has 0 heterocycles. The summed E-state index contributed by atoms with van der Waals surface area (Å²) in [5, 5.41) is 7.80. The number of benzene rings is 2. The predicted molar refractivity (Wildman–Crippen MR) is 115 cm³/mol. The van der Waals surface area contributed by atoms with Crippen molar-refractivity contribution in [2.45, 2.75) is 11.8 Å². The van der Waals surface area contributed by atoms with E-state index in [1.807, 2.05) is 6.07 Å². The van der Waals surface area contributed by atoms with E-state index in [1.165, 1.54) is 7.11 Å². The van der Waals surface area contributed by atoms with E-state index in [1.54, 1.807) is 49.4 Å². The maximum Gasteiger partial charge on any atom is 0.413 e. The number of ether oxygens (including phenoxy) is 1. The Kier molecular flexibility index (Phi) is 7.65. The van der Waals surface area contributed by atoms with Gasteiger partial charge in [0.15, 0.2) is 10.9 Å². The third kappa shape index (κ3) is 5.86. The molecule has 0 saturated carbocycles. The van der Waals surface area contributed by atoms with Gasteiger partial charge in [0.1, 0.15) is 0 Å². The lowest BCUT2D eigenvalue weighted by atomic mass is 10.0. The van der Waals surface area contributed by atoms with Gasteiger partial charge in [-0.25, -0.2) is 4.79 Å². The fourth-order valence-corrected chi connectivity index (χ4v) is 2.49. The minimum atomic E-state index is -0.742. The lowest BCUT2D eigenvalue weighted by Crippen LogP contribution is -2.34. The quantitative estimate of drug-likeness (QED) is 0.355. The van der Waals surface area contributed by atoms with Crippen molar-refractivity contribution >= 4 is 62.4 Å². The van der Waals surface area contributed by atoms with Crippen LogP contribution in [0, 0.1) is 0 Å². The Morgan fingerprint density at radius 1 is 1.00 bits per heavy atom. The topological polar surface area (TPSA) is 96.5 Å². The van der Waals surface area contributed by atoms with Crippen LogP contribution in [0.2, 0.25) is 0 Å². The normalized spacial score (nSPS) is 11.1. The molecule has 0 saturated heterocycles. The number of thiocarbonyl (C=S) groups is 1. The van der Waals surface area contributed by atoms with Gasteiger partial charge < -0.3 is 15.4 Å². The highest BCUT2D eigenvalue weighted by Crippen LogP contribution is 2.25. The number of alkyl halides is 1. The molecule has 0 spiro atoms. The maximum atomic E-state index is 12.7. The van der Waals surface area contributed by atoms with E-state index in [0.29, 0.717) is 22.5 Å². The molecular formula is C19H18BrN3O4S. The average molecular weight is 464 g/mol. The van der Waals surface area contributed by atoms with Gasteiger partial charge in [0, 0.05) is 11.1 Å². The van der Waals surface area contributed by atoms with Crippen molar-refractivity contribution < 1.29 is 19.1 Å².